The van der Waals surface area contributed by atoms with Crippen molar-refractivity contribution < 1.29 is 23.5 Å². The summed E-state index contributed by atoms with van der Waals surface area (Å²) in [6, 6.07) is 7.65. The van der Waals surface area contributed by atoms with Crippen LogP contribution in [0.3, 0.4) is 0 Å². The van der Waals surface area contributed by atoms with Gasteiger partial charge in [0.2, 0.25) is 11.8 Å². The minimum Gasteiger partial charge on any atom is -0.497 e. The minimum atomic E-state index is -0.235. The Morgan fingerprint density at radius 1 is 1.26 bits per heavy atom. The number of nitrogens with zero attached hydrogens (tertiary/aromatic N) is 1. The average molecular weight is 445 g/mol. The Morgan fingerprint density at radius 3 is 2.90 bits per heavy atom. The summed E-state index contributed by atoms with van der Waals surface area (Å²) in [5, 5.41) is 1.90. The number of thioether (sulfide) groups is 1. The summed E-state index contributed by atoms with van der Waals surface area (Å²) < 4.78 is 17.3. The first-order valence-corrected chi connectivity index (χ1v) is 11.6. The van der Waals surface area contributed by atoms with Gasteiger partial charge in [-0.1, -0.05) is 30.7 Å². The number of aromatic nitrogens is 1. The van der Waals surface area contributed by atoms with Crippen LogP contribution in [-0.2, 0) is 16.1 Å². The number of methoxy groups -OCH3 is 1. The zero-order valence-electron chi connectivity index (χ0n) is 17.9. The van der Waals surface area contributed by atoms with Gasteiger partial charge in [0.05, 0.1) is 25.1 Å². The summed E-state index contributed by atoms with van der Waals surface area (Å²) >= 11 is 1.12. The van der Waals surface area contributed by atoms with Crippen LogP contribution in [0.2, 0.25) is 0 Å². The van der Waals surface area contributed by atoms with Gasteiger partial charge < -0.3 is 13.9 Å². The number of carbonyl (C=O) groups is 2. The van der Waals surface area contributed by atoms with Gasteiger partial charge in [-0.05, 0) is 56.7 Å². The average Bonchev–Trinajstić information content (AvgIpc) is 3.31. The molecule has 2 heterocycles. The number of imide groups is 1. The number of hydrogen-bond acceptors (Lipinski definition) is 7. The lowest BCUT2D eigenvalue weighted by Gasteiger charge is -2.29. The molecule has 4 rings (SSSR count). The van der Waals surface area contributed by atoms with E-state index in [1.807, 2.05) is 31.2 Å². The van der Waals surface area contributed by atoms with Gasteiger partial charge in [0.15, 0.2) is 0 Å². The number of oxazole rings is 1. The molecule has 1 aromatic heterocycles. The van der Waals surface area contributed by atoms with Crippen LogP contribution in [0.15, 0.2) is 28.7 Å². The van der Waals surface area contributed by atoms with Crippen LogP contribution in [0, 0.1) is 12.8 Å². The van der Waals surface area contributed by atoms with E-state index in [9.17, 15) is 9.59 Å². The minimum absolute atomic E-state index is 0.146. The van der Waals surface area contributed by atoms with Crippen LogP contribution in [0.5, 0.6) is 5.75 Å². The predicted octanol–water partition coefficient (Wildman–Crippen LogP) is 4.87. The maximum absolute atomic E-state index is 11.8. The summed E-state index contributed by atoms with van der Waals surface area (Å²) in [5.74, 6) is 2.47. The highest BCUT2D eigenvalue weighted by Gasteiger charge is 2.32. The van der Waals surface area contributed by atoms with Crippen LogP contribution in [0.1, 0.15) is 50.0 Å². The molecule has 0 radical (unpaired) electrons. The Labute approximate surface area is 186 Å². The second-order valence-corrected chi connectivity index (χ2v) is 9.36. The van der Waals surface area contributed by atoms with Crippen molar-refractivity contribution in [3.05, 3.63) is 35.7 Å². The molecule has 1 aliphatic heterocycles. The zero-order valence-corrected chi connectivity index (χ0v) is 18.7. The summed E-state index contributed by atoms with van der Waals surface area (Å²) in [4.78, 5) is 27.7. The van der Waals surface area contributed by atoms with Gasteiger partial charge in [-0.2, -0.15) is 0 Å². The predicted molar refractivity (Wildman–Crippen MR) is 118 cm³/mol. The lowest BCUT2D eigenvalue weighted by molar-refractivity contribution is -0.119. The number of nitrogens with one attached hydrogen (secondary N) is 1. The highest BCUT2D eigenvalue weighted by Crippen LogP contribution is 2.33. The Hall–Kier alpha value is -2.32. The monoisotopic (exact) mass is 444 g/mol. The lowest BCUT2D eigenvalue weighted by Crippen LogP contribution is -2.26. The van der Waals surface area contributed by atoms with E-state index in [-0.39, 0.29) is 22.5 Å². The summed E-state index contributed by atoms with van der Waals surface area (Å²) in [6.45, 7) is 2.33. The first kappa shape index (κ1) is 21.9. The Bertz CT molecular complexity index is 944. The fourth-order valence-corrected chi connectivity index (χ4v) is 5.10. The molecule has 1 saturated carbocycles. The first-order valence-electron chi connectivity index (χ1n) is 10.8. The molecule has 8 heteroatoms. The van der Waals surface area contributed by atoms with E-state index < -0.39 is 0 Å². The van der Waals surface area contributed by atoms with Crippen molar-refractivity contribution in [2.75, 3.05) is 7.11 Å². The standard InChI is InChI=1S/C23H28N2O5S/c1-14-19(24-22(30-14)16-6-4-7-17(12-16)28-2)13-29-18-8-3-5-15(11-18)9-10-20-21(26)25-23(27)31-20/h4,6-7,12,15,18,20H,3,5,8-11,13H2,1-2H3,(H,25,26,27)/t15-,18-,20?/m0/s1. The molecule has 2 fully saturated rings. The van der Waals surface area contributed by atoms with Gasteiger partial charge in [0, 0.05) is 5.56 Å². The molecule has 1 N–H and O–H groups in total. The molecule has 1 saturated heterocycles. The number of benzene rings is 1. The Balaban J connectivity index is 1.29. The smallest absolute Gasteiger partial charge is 0.286 e. The van der Waals surface area contributed by atoms with Gasteiger partial charge in [-0.3, -0.25) is 14.9 Å². The zero-order chi connectivity index (χ0) is 21.8. The van der Waals surface area contributed by atoms with Crippen molar-refractivity contribution in [2.24, 2.45) is 5.92 Å². The molecule has 1 aliphatic carbocycles. The van der Waals surface area contributed by atoms with E-state index in [4.69, 9.17) is 13.9 Å². The van der Waals surface area contributed by atoms with E-state index in [1.54, 1.807) is 7.11 Å². The summed E-state index contributed by atoms with van der Waals surface area (Å²) in [7, 11) is 1.64. The SMILES string of the molecule is COc1cccc(-c2nc(CO[C@H]3CCC[C@@H](CCC4SC(=O)NC4=O)C3)c(C)o2)c1. The van der Waals surface area contributed by atoms with Crippen LogP contribution in [0.25, 0.3) is 11.5 Å². The topological polar surface area (TPSA) is 90.7 Å². The van der Waals surface area contributed by atoms with E-state index in [0.29, 0.717) is 18.4 Å². The maximum Gasteiger partial charge on any atom is 0.286 e. The molecule has 2 amide bonds. The normalized spacial score (nSPS) is 23.7. The number of carbonyl (C=O) groups excluding carboxylic acids is 2. The number of hydrogen-bond donors (Lipinski definition) is 1. The van der Waals surface area contributed by atoms with Crippen molar-refractivity contribution in [3.63, 3.8) is 0 Å². The fraction of sp³-hybridized carbons (Fsp3) is 0.522. The van der Waals surface area contributed by atoms with Gasteiger partial charge in [-0.15, -0.1) is 0 Å². The lowest BCUT2D eigenvalue weighted by atomic mass is 9.84. The van der Waals surface area contributed by atoms with E-state index in [1.165, 1.54) is 0 Å². The second-order valence-electron chi connectivity index (χ2n) is 8.18. The van der Waals surface area contributed by atoms with Gasteiger partial charge in [0.1, 0.15) is 17.2 Å². The maximum atomic E-state index is 11.8. The molecule has 31 heavy (non-hydrogen) atoms. The van der Waals surface area contributed by atoms with Gasteiger partial charge in [0.25, 0.3) is 5.24 Å². The third kappa shape index (κ3) is 5.49. The van der Waals surface area contributed by atoms with Crippen LogP contribution >= 0.6 is 11.8 Å². The molecule has 0 bridgehead atoms. The third-order valence-electron chi connectivity index (χ3n) is 6.00. The van der Waals surface area contributed by atoms with Crippen molar-refractivity contribution in [1.82, 2.24) is 10.3 Å². The molecule has 7 nitrogen and oxygen atoms in total. The number of ether oxygens (including phenoxy) is 2. The fourth-order valence-electron chi connectivity index (χ4n) is 4.26. The third-order valence-corrected chi connectivity index (χ3v) is 7.05. The highest BCUT2D eigenvalue weighted by molar-refractivity contribution is 8.15. The van der Waals surface area contributed by atoms with Crippen molar-refractivity contribution in [1.29, 1.82) is 0 Å². The molecule has 1 unspecified atom stereocenters. The second kappa shape index (κ2) is 9.87. The van der Waals surface area contributed by atoms with Crippen molar-refractivity contribution in [3.8, 4) is 17.2 Å². The largest absolute Gasteiger partial charge is 0.497 e. The van der Waals surface area contributed by atoms with E-state index in [2.05, 4.69) is 10.3 Å². The van der Waals surface area contributed by atoms with E-state index >= 15 is 0 Å². The van der Waals surface area contributed by atoms with Crippen LogP contribution in [-0.4, -0.2) is 34.6 Å². The highest BCUT2D eigenvalue weighted by atomic mass is 32.2. The summed E-state index contributed by atoms with van der Waals surface area (Å²) in [6.07, 6.45) is 6.15. The molecular formula is C23H28N2O5S. The molecule has 166 valence electrons. The van der Waals surface area contributed by atoms with Crippen LogP contribution in [0.4, 0.5) is 4.79 Å². The quantitative estimate of drug-likeness (QED) is 0.621. The molecular weight excluding hydrogens is 416 g/mol. The number of amides is 2. The molecule has 1 aromatic carbocycles. The van der Waals surface area contributed by atoms with Crippen molar-refractivity contribution >= 4 is 22.9 Å². The molecule has 3 atom stereocenters. The first-order chi connectivity index (χ1) is 15.0. The van der Waals surface area contributed by atoms with Gasteiger partial charge in [-0.25, -0.2) is 4.98 Å². The Kier molecular flexibility index (Phi) is 6.97. The van der Waals surface area contributed by atoms with Crippen LogP contribution < -0.4 is 10.1 Å². The molecule has 2 aliphatic rings. The van der Waals surface area contributed by atoms with Gasteiger partial charge >= 0.3 is 0 Å². The number of rotatable bonds is 8. The summed E-state index contributed by atoms with van der Waals surface area (Å²) in [5.41, 5.74) is 1.69. The molecule has 2 aromatic rings. The van der Waals surface area contributed by atoms with Crippen molar-refractivity contribution in [2.45, 2.75) is 63.4 Å². The molecule has 0 spiro atoms. The Morgan fingerprint density at radius 2 is 2.13 bits per heavy atom. The number of aryl methyl sites for hydroxylation is 1. The van der Waals surface area contributed by atoms with E-state index in [0.717, 1.165) is 73.1 Å².